The first-order valence-corrected chi connectivity index (χ1v) is 3.12. The van der Waals surface area contributed by atoms with Gasteiger partial charge in [0.15, 0.2) is 0 Å². The van der Waals surface area contributed by atoms with Crippen molar-refractivity contribution in [1.82, 2.24) is 0 Å². The third kappa shape index (κ3) is 4.53. The van der Waals surface area contributed by atoms with Gasteiger partial charge < -0.3 is 17.0 Å². The van der Waals surface area contributed by atoms with E-state index in [1.807, 2.05) is 0 Å². The maximum atomic E-state index is 12.0. The van der Waals surface area contributed by atoms with Crippen molar-refractivity contribution in [3.63, 3.8) is 0 Å². The van der Waals surface area contributed by atoms with E-state index in [1.54, 1.807) is 0 Å². The third-order valence-corrected chi connectivity index (χ3v) is 1.43. The molecule has 13 heavy (non-hydrogen) atoms. The Labute approximate surface area is 105 Å². The van der Waals surface area contributed by atoms with Crippen LogP contribution in [0.3, 0.4) is 0 Å². The smallest absolute Gasteiger partial charge is 1.00 e. The molecule has 6 heteroatoms. The maximum Gasteiger partial charge on any atom is 2.00 e. The molecule has 0 unspecified atom stereocenters. The largest absolute Gasteiger partial charge is 2.00 e. The van der Waals surface area contributed by atoms with Crippen LogP contribution in [0.4, 0.5) is 13.2 Å². The zero-order valence-corrected chi connectivity index (χ0v) is 10.1. The summed E-state index contributed by atoms with van der Waals surface area (Å²) in [5.41, 5.74) is -0.821. The van der Waals surface area contributed by atoms with Gasteiger partial charge in [0.05, 0.1) is 0 Å². The zero-order valence-electron chi connectivity index (χ0n) is 6.33. The van der Waals surface area contributed by atoms with Gasteiger partial charge in [0, 0.05) is 0 Å². The van der Waals surface area contributed by atoms with Gasteiger partial charge in [-0.2, -0.15) is 49.0 Å². The monoisotopic (exact) mass is 282 g/mol. The van der Waals surface area contributed by atoms with Crippen molar-refractivity contribution < 1.29 is 30.2 Å². The van der Waals surface area contributed by atoms with Crippen LogP contribution in [0.15, 0.2) is 18.2 Å². The quantitative estimate of drug-likeness (QED) is 0.456. The van der Waals surface area contributed by atoms with Gasteiger partial charge in [0.1, 0.15) is 0 Å². The molecule has 0 N–H and O–H groups in total. The molecule has 0 aliphatic heterocycles. The van der Waals surface area contributed by atoms with E-state index in [0.29, 0.717) is 0 Å². The van der Waals surface area contributed by atoms with Crippen LogP contribution in [0.2, 0.25) is 5.02 Å². The Hall–Kier alpha value is 0.546. The van der Waals surface area contributed by atoms with Gasteiger partial charge >= 0.3 is 29.2 Å². The molecule has 0 atom stereocenters. The number of rotatable bonds is 0. The molecule has 0 nitrogen and oxygen atoms in total. The van der Waals surface area contributed by atoms with E-state index in [9.17, 15) is 13.2 Å². The first kappa shape index (κ1) is 16.0. The van der Waals surface area contributed by atoms with Gasteiger partial charge in [-0.05, 0) is 5.56 Å². The fraction of sp³-hybridized carbons (Fsp3) is 0.143. The molecule has 0 amide bonds. The molecule has 0 aromatic heterocycles. The summed E-state index contributed by atoms with van der Waals surface area (Å²) in [7, 11) is 0. The van der Waals surface area contributed by atoms with Crippen LogP contribution in [-0.2, 0) is 6.18 Å². The molecule has 0 aliphatic carbocycles. The molecule has 1 aromatic rings. The molecule has 0 heterocycles. The second-order valence-corrected chi connectivity index (χ2v) is 2.31. The third-order valence-electron chi connectivity index (χ3n) is 1.12. The number of benzene rings is 1. The van der Waals surface area contributed by atoms with E-state index < -0.39 is 11.7 Å². The van der Waals surface area contributed by atoms with Crippen LogP contribution in [0, 0.1) is 6.07 Å². The van der Waals surface area contributed by atoms with Gasteiger partial charge in [-0.1, -0.05) is 5.02 Å². The van der Waals surface area contributed by atoms with Gasteiger partial charge in [-0.3, -0.25) is 0 Å². The van der Waals surface area contributed by atoms with Crippen LogP contribution >= 0.6 is 11.6 Å². The summed E-state index contributed by atoms with van der Waals surface area (Å²) in [4.78, 5) is 0. The fourth-order valence-corrected chi connectivity index (χ4v) is 0.873. The molecular weight excluding hydrogens is 281 g/mol. The fourth-order valence-electron chi connectivity index (χ4n) is 0.640. The SMILES string of the molecule is FC(F)(F)c1cc[c-]cc1Cl.[Br-].[Mg+2]. The van der Waals surface area contributed by atoms with Crippen molar-refractivity contribution in [2.24, 2.45) is 0 Å². The van der Waals surface area contributed by atoms with Crippen LogP contribution in [0.25, 0.3) is 0 Å². The molecule has 0 aliphatic rings. The van der Waals surface area contributed by atoms with E-state index in [2.05, 4.69) is 6.07 Å². The minimum atomic E-state index is -4.37. The minimum absolute atomic E-state index is 0. The first-order valence-electron chi connectivity index (χ1n) is 2.74. The molecule has 0 saturated heterocycles. The van der Waals surface area contributed by atoms with Crippen molar-refractivity contribution in [2.75, 3.05) is 0 Å². The van der Waals surface area contributed by atoms with Crippen molar-refractivity contribution in [1.29, 1.82) is 0 Å². The molecule has 1 rings (SSSR count). The number of halogens is 5. The van der Waals surface area contributed by atoms with Gasteiger partial charge in [-0.15, -0.1) is 0 Å². The van der Waals surface area contributed by atoms with Gasteiger partial charge in [-0.25, -0.2) is 0 Å². The molecule has 0 spiro atoms. The summed E-state index contributed by atoms with van der Waals surface area (Å²) < 4.78 is 35.9. The molecule has 1 aromatic carbocycles. The topological polar surface area (TPSA) is 0 Å². The Morgan fingerprint density at radius 2 is 1.85 bits per heavy atom. The van der Waals surface area contributed by atoms with Crippen LogP contribution in [-0.4, -0.2) is 23.1 Å². The number of hydrogen-bond donors (Lipinski definition) is 0. The zero-order chi connectivity index (χ0) is 8.48. The van der Waals surface area contributed by atoms with Crippen molar-refractivity contribution >= 4 is 34.7 Å². The molecule has 0 saturated carbocycles. The Bertz CT molecular complexity index is 264. The summed E-state index contributed by atoms with van der Waals surface area (Å²) in [5, 5.41) is -0.319. The number of hydrogen-bond acceptors (Lipinski definition) is 0. The normalized spacial score (nSPS) is 9.85. The maximum absolute atomic E-state index is 12.0. The first-order chi connectivity index (χ1) is 5.02. The van der Waals surface area contributed by atoms with Crippen molar-refractivity contribution in [3.8, 4) is 0 Å². The van der Waals surface area contributed by atoms with E-state index >= 15 is 0 Å². The summed E-state index contributed by atoms with van der Waals surface area (Å²) in [6.07, 6.45) is -4.37. The second-order valence-electron chi connectivity index (χ2n) is 1.90. The molecule has 0 bridgehead atoms. The molecule has 68 valence electrons. The van der Waals surface area contributed by atoms with Crippen LogP contribution < -0.4 is 17.0 Å². The predicted octanol–water partition coefficient (Wildman–Crippen LogP) is -0.218. The minimum Gasteiger partial charge on any atom is -1.00 e. The summed E-state index contributed by atoms with van der Waals surface area (Å²) in [5.74, 6) is 0. The number of alkyl halides is 3. The molecular formula is C7H3BrClF3Mg. The summed E-state index contributed by atoms with van der Waals surface area (Å²) in [6, 6.07) is 5.60. The van der Waals surface area contributed by atoms with E-state index in [1.165, 1.54) is 6.07 Å². The van der Waals surface area contributed by atoms with Crippen molar-refractivity contribution in [2.45, 2.75) is 6.18 Å². The second kappa shape index (κ2) is 6.11. The van der Waals surface area contributed by atoms with E-state index in [4.69, 9.17) is 11.6 Å². The Morgan fingerprint density at radius 3 is 2.15 bits per heavy atom. The Balaban J connectivity index is 0. The van der Waals surface area contributed by atoms with Crippen LogP contribution in [0.1, 0.15) is 5.56 Å². The van der Waals surface area contributed by atoms with E-state index in [0.717, 1.165) is 12.1 Å². The average Bonchev–Trinajstić information content (AvgIpc) is 1.86. The molecule has 0 fully saturated rings. The van der Waals surface area contributed by atoms with Gasteiger partial charge in [0.2, 0.25) is 0 Å². The summed E-state index contributed by atoms with van der Waals surface area (Å²) >= 11 is 5.26. The average molecular weight is 284 g/mol. The Morgan fingerprint density at radius 1 is 1.31 bits per heavy atom. The van der Waals surface area contributed by atoms with Gasteiger partial charge in [0.25, 0.3) is 0 Å². The molecule has 0 radical (unpaired) electrons. The summed E-state index contributed by atoms with van der Waals surface area (Å²) in [6.45, 7) is 0. The Kier molecular flexibility index (Phi) is 7.52. The standard InChI is InChI=1S/C7H3ClF3.BrH.Mg/c8-6-4-2-1-3-5(6)7(9,10)11;;/h1,3-4H;1H;/q-1;;+2/p-1. The van der Waals surface area contributed by atoms with Crippen LogP contribution in [0.5, 0.6) is 0 Å². The predicted molar refractivity (Wildman–Crippen MR) is 41.0 cm³/mol. The van der Waals surface area contributed by atoms with E-state index in [-0.39, 0.29) is 45.1 Å². The van der Waals surface area contributed by atoms with Crippen molar-refractivity contribution in [3.05, 3.63) is 34.9 Å².